The third-order valence-corrected chi connectivity index (χ3v) is 6.29. The van der Waals surface area contributed by atoms with Crippen LogP contribution in [0.2, 0.25) is 0 Å². The molecular formula is C16H22N2O4S. The maximum absolute atomic E-state index is 12.6. The summed E-state index contributed by atoms with van der Waals surface area (Å²) in [5.41, 5.74) is 0.529. The summed E-state index contributed by atoms with van der Waals surface area (Å²) in [5.74, 6) is -0.133. The molecule has 2 saturated heterocycles. The Morgan fingerprint density at radius 3 is 2.57 bits per heavy atom. The first-order chi connectivity index (χ1) is 11.1. The first-order valence-electron chi connectivity index (χ1n) is 8.06. The molecule has 2 fully saturated rings. The van der Waals surface area contributed by atoms with E-state index in [2.05, 4.69) is 5.32 Å². The fourth-order valence-corrected chi connectivity index (χ4v) is 4.58. The van der Waals surface area contributed by atoms with E-state index in [0.29, 0.717) is 44.8 Å². The van der Waals surface area contributed by atoms with Gasteiger partial charge in [-0.1, -0.05) is 6.07 Å². The number of benzene rings is 1. The van der Waals surface area contributed by atoms with Crippen molar-refractivity contribution >= 4 is 21.6 Å². The maximum Gasteiger partial charge on any atom is 0.243 e. The summed E-state index contributed by atoms with van der Waals surface area (Å²) in [7, 11) is -3.46. The lowest BCUT2D eigenvalue weighted by Crippen LogP contribution is -2.29. The number of carbonyl (C=O) groups excluding carboxylic acids is 1. The summed E-state index contributed by atoms with van der Waals surface area (Å²) in [6.07, 6.45) is 3.22. The zero-order chi connectivity index (χ0) is 16.3. The van der Waals surface area contributed by atoms with Gasteiger partial charge in [0.15, 0.2) is 0 Å². The van der Waals surface area contributed by atoms with Crippen molar-refractivity contribution in [1.82, 2.24) is 4.31 Å². The van der Waals surface area contributed by atoms with Crippen LogP contribution in [0.3, 0.4) is 0 Å². The minimum Gasteiger partial charge on any atom is -0.381 e. The Balaban J connectivity index is 1.73. The third-order valence-electron chi connectivity index (χ3n) is 4.40. The summed E-state index contributed by atoms with van der Waals surface area (Å²) in [6.45, 7) is 2.34. The van der Waals surface area contributed by atoms with Crippen LogP contribution in [0.25, 0.3) is 0 Å². The minimum absolute atomic E-state index is 0.0657. The smallest absolute Gasteiger partial charge is 0.243 e. The van der Waals surface area contributed by atoms with E-state index in [4.69, 9.17) is 4.74 Å². The molecule has 0 saturated carbocycles. The highest BCUT2D eigenvalue weighted by molar-refractivity contribution is 7.89. The van der Waals surface area contributed by atoms with E-state index in [1.165, 1.54) is 4.31 Å². The maximum atomic E-state index is 12.6. The molecular weight excluding hydrogens is 316 g/mol. The highest BCUT2D eigenvalue weighted by atomic mass is 32.2. The van der Waals surface area contributed by atoms with Crippen molar-refractivity contribution in [3.05, 3.63) is 24.3 Å². The average molecular weight is 338 g/mol. The fraction of sp³-hybridized carbons (Fsp3) is 0.562. The number of rotatable bonds is 4. The predicted molar refractivity (Wildman–Crippen MR) is 86.6 cm³/mol. The molecule has 0 spiro atoms. The topological polar surface area (TPSA) is 75.7 Å². The quantitative estimate of drug-likeness (QED) is 0.909. The molecule has 7 heteroatoms. The second-order valence-corrected chi connectivity index (χ2v) is 7.95. The van der Waals surface area contributed by atoms with Crippen LogP contribution in [0.1, 0.15) is 25.7 Å². The van der Waals surface area contributed by atoms with Crippen molar-refractivity contribution < 1.29 is 17.9 Å². The molecule has 6 nitrogen and oxygen atoms in total. The molecule has 0 bridgehead atoms. The van der Waals surface area contributed by atoms with Crippen LogP contribution in [0.4, 0.5) is 5.69 Å². The minimum atomic E-state index is -3.46. The molecule has 2 aliphatic rings. The molecule has 0 aromatic heterocycles. The van der Waals surface area contributed by atoms with Crippen LogP contribution in [0.15, 0.2) is 29.2 Å². The lowest BCUT2D eigenvalue weighted by Gasteiger charge is -2.21. The molecule has 1 aromatic carbocycles. The second-order valence-electron chi connectivity index (χ2n) is 6.01. The summed E-state index contributed by atoms with van der Waals surface area (Å²) in [6, 6.07) is 6.52. The van der Waals surface area contributed by atoms with Crippen LogP contribution in [0, 0.1) is 5.92 Å². The van der Waals surface area contributed by atoms with Gasteiger partial charge < -0.3 is 10.1 Å². The second kappa shape index (κ2) is 6.98. The van der Waals surface area contributed by atoms with E-state index < -0.39 is 10.0 Å². The lowest BCUT2D eigenvalue weighted by atomic mass is 9.99. The summed E-state index contributed by atoms with van der Waals surface area (Å²) in [5, 5.41) is 2.84. The number of hydrogen-bond donors (Lipinski definition) is 1. The number of amides is 1. The summed E-state index contributed by atoms with van der Waals surface area (Å²) < 4.78 is 31.9. The van der Waals surface area contributed by atoms with E-state index in [-0.39, 0.29) is 16.7 Å². The Morgan fingerprint density at radius 2 is 1.87 bits per heavy atom. The molecule has 1 amide bonds. The third kappa shape index (κ3) is 3.73. The monoisotopic (exact) mass is 338 g/mol. The Hall–Kier alpha value is -1.44. The largest absolute Gasteiger partial charge is 0.381 e. The van der Waals surface area contributed by atoms with Gasteiger partial charge in [0.1, 0.15) is 0 Å². The van der Waals surface area contributed by atoms with Gasteiger partial charge in [0.25, 0.3) is 0 Å². The van der Waals surface area contributed by atoms with Crippen molar-refractivity contribution in [2.75, 3.05) is 31.6 Å². The molecule has 3 rings (SSSR count). The Morgan fingerprint density at radius 1 is 1.17 bits per heavy atom. The number of nitrogens with one attached hydrogen (secondary N) is 1. The number of sulfonamides is 1. The molecule has 2 aliphatic heterocycles. The Bertz CT molecular complexity index is 662. The van der Waals surface area contributed by atoms with Gasteiger partial charge in [0.2, 0.25) is 15.9 Å². The van der Waals surface area contributed by atoms with E-state index in [1.807, 2.05) is 0 Å². The van der Waals surface area contributed by atoms with Gasteiger partial charge >= 0.3 is 0 Å². The summed E-state index contributed by atoms with van der Waals surface area (Å²) >= 11 is 0. The normalized spacial score (nSPS) is 20.5. The average Bonchev–Trinajstić information content (AvgIpc) is 3.11. The van der Waals surface area contributed by atoms with E-state index in [0.717, 1.165) is 12.8 Å². The highest BCUT2D eigenvalue weighted by Crippen LogP contribution is 2.24. The van der Waals surface area contributed by atoms with Crippen molar-refractivity contribution in [1.29, 1.82) is 0 Å². The van der Waals surface area contributed by atoms with Crippen LogP contribution in [-0.2, 0) is 19.6 Å². The van der Waals surface area contributed by atoms with E-state index in [1.54, 1.807) is 24.3 Å². The first-order valence-corrected chi connectivity index (χ1v) is 9.50. The first kappa shape index (κ1) is 16.4. The number of nitrogens with zero attached hydrogens (tertiary/aromatic N) is 1. The number of hydrogen-bond acceptors (Lipinski definition) is 4. The van der Waals surface area contributed by atoms with Crippen LogP contribution in [0.5, 0.6) is 0 Å². The van der Waals surface area contributed by atoms with Crippen molar-refractivity contribution in [2.45, 2.75) is 30.6 Å². The zero-order valence-corrected chi connectivity index (χ0v) is 13.8. The summed E-state index contributed by atoms with van der Waals surface area (Å²) in [4.78, 5) is 12.5. The molecule has 0 atom stereocenters. The van der Waals surface area contributed by atoms with Crippen LogP contribution < -0.4 is 5.32 Å². The molecule has 0 aliphatic carbocycles. The van der Waals surface area contributed by atoms with E-state index in [9.17, 15) is 13.2 Å². The molecule has 1 aromatic rings. The van der Waals surface area contributed by atoms with Gasteiger partial charge in [-0.25, -0.2) is 8.42 Å². The number of anilines is 1. The van der Waals surface area contributed by atoms with Gasteiger partial charge in [-0.05, 0) is 43.9 Å². The SMILES string of the molecule is O=C(Nc1cccc(S(=O)(=O)N2CCCC2)c1)C1CCOCC1. The Labute approximate surface area is 136 Å². The van der Waals surface area contributed by atoms with Crippen LogP contribution >= 0.6 is 0 Å². The van der Waals surface area contributed by atoms with Gasteiger partial charge in [0, 0.05) is 37.9 Å². The van der Waals surface area contributed by atoms with Gasteiger partial charge in [-0.3, -0.25) is 4.79 Å². The molecule has 23 heavy (non-hydrogen) atoms. The van der Waals surface area contributed by atoms with E-state index >= 15 is 0 Å². The Kier molecular flexibility index (Phi) is 4.99. The van der Waals surface area contributed by atoms with Gasteiger partial charge in [-0.15, -0.1) is 0 Å². The molecule has 0 radical (unpaired) electrons. The van der Waals surface area contributed by atoms with Crippen LogP contribution in [-0.4, -0.2) is 44.9 Å². The molecule has 126 valence electrons. The van der Waals surface area contributed by atoms with Gasteiger partial charge in [-0.2, -0.15) is 4.31 Å². The molecule has 2 heterocycles. The lowest BCUT2D eigenvalue weighted by molar-refractivity contribution is -0.122. The molecule has 0 unspecified atom stereocenters. The fourth-order valence-electron chi connectivity index (χ4n) is 3.02. The standard InChI is InChI=1S/C16H22N2O4S/c19-16(13-6-10-22-11-7-13)17-14-4-3-5-15(12-14)23(20,21)18-8-1-2-9-18/h3-5,12-13H,1-2,6-11H2,(H,17,19). The number of ether oxygens (including phenoxy) is 1. The molecule has 1 N–H and O–H groups in total. The van der Waals surface area contributed by atoms with Crippen molar-refractivity contribution in [3.8, 4) is 0 Å². The van der Waals surface area contributed by atoms with Gasteiger partial charge in [0.05, 0.1) is 4.90 Å². The highest BCUT2D eigenvalue weighted by Gasteiger charge is 2.27. The zero-order valence-electron chi connectivity index (χ0n) is 13.0. The van der Waals surface area contributed by atoms with Crippen molar-refractivity contribution in [3.63, 3.8) is 0 Å². The number of carbonyl (C=O) groups is 1. The van der Waals surface area contributed by atoms with Crippen molar-refractivity contribution in [2.24, 2.45) is 5.92 Å². The predicted octanol–water partition coefficient (Wildman–Crippen LogP) is 1.84.